The van der Waals surface area contributed by atoms with E-state index in [1.807, 2.05) is 35.6 Å². The quantitative estimate of drug-likeness (QED) is 0.136. The van der Waals surface area contributed by atoms with Gasteiger partial charge in [0.25, 0.3) is 0 Å². The van der Waals surface area contributed by atoms with Crippen LogP contribution in [0.5, 0.6) is 0 Å². The van der Waals surface area contributed by atoms with Crippen LogP contribution < -0.4 is 14.7 Å². The average Bonchev–Trinajstić information content (AvgIpc) is 2.83. The highest BCUT2D eigenvalue weighted by molar-refractivity contribution is 7.25. The van der Waals surface area contributed by atoms with Gasteiger partial charge in [-0.05, 0) is 144 Å². The summed E-state index contributed by atoms with van der Waals surface area (Å²) < 4.78 is 23.2. The van der Waals surface area contributed by atoms with Crippen molar-refractivity contribution in [3.63, 3.8) is 0 Å². The highest BCUT2D eigenvalue weighted by Gasteiger charge is 2.27. The molecule has 6 nitrogen and oxygen atoms in total. The number of rotatable bonds is 10. The van der Waals surface area contributed by atoms with Gasteiger partial charge in [-0.1, -0.05) is 146 Å². The largest absolute Gasteiger partial charge is 0.456 e. The van der Waals surface area contributed by atoms with E-state index >= 15 is 0 Å². The summed E-state index contributed by atoms with van der Waals surface area (Å²) in [5.41, 5.74) is 16.0. The van der Waals surface area contributed by atoms with Crippen molar-refractivity contribution in [2.45, 2.75) is 0 Å². The lowest BCUT2D eigenvalue weighted by atomic mass is 9.94. The SMILES string of the molecule is c1ccc(N(c2cccc(-c3cc4c5cc(N(c6ccccc6)c6ccc7sc8ccccc8c7c6)cc(N(c6ccccc6)c6ccc7c(c6)oc6ccccc67)c5oc4c4ccccc34)c2)c2ccc3c(c2)oc2ccccc23)cc1. The van der Waals surface area contributed by atoms with Gasteiger partial charge in [-0.15, -0.1) is 11.3 Å². The molecule has 17 aromatic rings. The molecule has 0 aliphatic carbocycles. The summed E-state index contributed by atoms with van der Waals surface area (Å²) in [5, 5.41) is 10.9. The lowest BCUT2D eigenvalue weighted by Gasteiger charge is -2.29. The van der Waals surface area contributed by atoms with Crippen molar-refractivity contribution in [2.24, 2.45) is 0 Å². The number of hydrogen-bond acceptors (Lipinski definition) is 7. The minimum absolute atomic E-state index is 0.761. The molecule has 0 fully saturated rings. The van der Waals surface area contributed by atoms with Gasteiger partial charge in [0.15, 0.2) is 5.58 Å². The molecule has 0 saturated heterocycles. The summed E-state index contributed by atoms with van der Waals surface area (Å²) in [6.45, 7) is 0. The van der Waals surface area contributed by atoms with Gasteiger partial charge >= 0.3 is 0 Å². The molecule has 0 bridgehead atoms. The fourth-order valence-corrected chi connectivity index (χ4v) is 13.7. The van der Waals surface area contributed by atoms with Crippen LogP contribution in [-0.4, -0.2) is 0 Å². The molecule has 17 rings (SSSR count). The fraction of sp³-hybridized carbons (Fsp3) is 0. The predicted octanol–water partition coefficient (Wildman–Crippen LogP) is 23.0. The summed E-state index contributed by atoms with van der Waals surface area (Å²) in [7, 11) is 0. The zero-order chi connectivity index (χ0) is 54.5. The standard InChI is InChI=1S/C76H47N3O3S/c1-4-20-49(21-5-1)77(54-35-38-60-58-28-12-15-32-69(58)80-71(60)45-54)52-26-18-19-48(41-52)64-47-67-66-43-56(78(50-22-6-2-7-23-50)53-37-40-74-65(42-53)62-30-14-17-34-73(62)83-74)44-68(76(66)82-75(67)63-31-11-10-27-57(63)64)79(51-24-8-3-9-25-51)55-36-39-61-59-29-13-16-33-70(59)81-72(61)46-55/h1-47H. The van der Waals surface area contributed by atoms with Crippen molar-refractivity contribution < 1.29 is 13.3 Å². The van der Waals surface area contributed by atoms with E-state index in [-0.39, 0.29) is 0 Å². The molecular weight excluding hydrogens is 1030 g/mol. The maximum atomic E-state index is 7.52. The molecule has 0 amide bonds. The van der Waals surface area contributed by atoms with E-state index in [9.17, 15) is 0 Å². The lowest BCUT2D eigenvalue weighted by molar-refractivity contribution is 0.668. The van der Waals surface area contributed by atoms with Crippen molar-refractivity contribution in [1.29, 1.82) is 0 Å². The smallest absolute Gasteiger partial charge is 0.159 e. The first-order valence-electron chi connectivity index (χ1n) is 28.0. The van der Waals surface area contributed by atoms with Crippen molar-refractivity contribution in [1.82, 2.24) is 0 Å². The zero-order valence-electron chi connectivity index (χ0n) is 44.6. The maximum absolute atomic E-state index is 7.52. The first-order valence-corrected chi connectivity index (χ1v) is 28.8. The number of benzene rings is 13. The minimum Gasteiger partial charge on any atom is -0.456 e. The van der Waals surface area contributed by atoms with E-state index in [0.717, 1.165) is 139 Å². The number of furan rings is 3. The Hall–Kier alpha value is -10.9. The highest BCUT2D eigenvalue weighted by Crippen LogP contribution is 2.51. The van der Waals surface area contributed by atoms with Crippen molar-refractivity contribution >= 4 is 159 Å². The molecule has 83 heavy (non-hydrogen) atoms. The van der Waals surface area contributed by atoms with E-state index in [0.29, 0.717) is 0 Å². The third-order valence-electron chi connectivity index (χ3n) is 16.4. The summed E-state index contributed by atoms with van der Waals surface area (Å²) in [6.07, 6.45) is 0. The number of fused-ring (bicyclic) bond motifs is 14. The van der Waals surface area contributed by atoms with Crippen LogP contribution in [0.1, 0.15) is 0 Å². The molecule has 0 unspecified atom stereocenters. The molecule has 0 saturated carbocycles. The Kier molecular flexibility index (Phi) is 10.7. The molecule has 13 aromatic carbocycles. The summed E-state index contributed by atoms with van der Waals surface area (Å²) in [5.74, 6) is 0. The molecule has 390 valence electrons. The predicted molar refractivity (Wildman–Crippen MR) is 348 cm³/mol. The van der Waals surface area contributed by atoms with E-state index in [2.05, 4.69) is 276 Å². The van der Waals surface area contributed by atoms with Crippen molar-refractivity contribution in [2.75, 3.05) is 14.7 Å². The Balaban J connectivity index is 0.921. The Bertz CT molecular complexity index is 5370. The van der Waals surface area contributed by atoms with E-state index in [1.165, 1.54) is 20.2 Å². The van der Waals surface area contributed by atoms with Gasteiger partial charge in [-0.3, -0.25) is 0 Å². The molecule has 0 spiro atoms. The average molecular weight is 1080 g/mol. The van der Waals surface area contributed by atoms with Crippen LogP contribution in [-0.2, 0) is 0 Å². The molecule has 0 radical (unpaired) electrons. The van der Waals surface area contributed by atoms with Crippen LogP contribution in [0.15, 0.2) is 298 Å². The highest BCUT2D eigenvalue weighted by atomic mass is 32.1. The number of para-hydroxylation sites is 5. The number of thiophene rings is 1. The third-order valence-corrected chi connectivity index (χ3v) is 17.5. The molecule has 0 N–H and O–H groups in total. The molecule has 0 atom stereocenters. The minimum atomic E-state index is 0.761. The summed E-state index contributed by atoms with van der Waals surface area (Å²) in [4.78, 5) is 7.04. The number of anilines is 9. The van der Waals surface area contributed by atoms with Crippen molar-refractivity contribution in [3.05, 3.63) is 285 Å². The van der Waals surface area contributed by atoms with Crippen LogP contribution in [0.3, 0.4) is 0 Å². The Morgan fingerprint density at radius 1 is 0.229 bits per heavy atom. The van der Waals surface area contributed by atoms with Crippen LogP contribution in [0.2, 0.25) is 0 Å². The second-order valence-corrected chi connectivity index (χ2v) is 22.3. The second kappa shape index (κ2) is 18.9. The number of hydrogen-bond donors (Lipinski definition) is 0. The fourth-order valence-electron chi connectivity index (χ4n) is 12.6. The van der Waals surface area contributed by atoms with E-state index in [1.54, 1.807) is 0 Å². The van der Waals surface area contributed by atoms with Gasteiger partial charge in [0.2, 0.25) is 0 Å². The van der Waals surface area contributed by atoms with Crippen LogP contribution >= 0.6 is 11.3 Å². The monoisotopic (exact) mass is 1080 g/mol. The zero-order valence-corrected chi connectivity index (χ0v) is 45.4. The maximum Gasteiger partial charge on any atom is 0.159 e. The van der Waals surface area contributed by atoms with Crippen LogP contribution in [0.4, 0.5) is 51.2 Å². The van der Waals surface area contributed by atoms with Crippen LogP contribution in [0, 0.1) is 0 Å². The van der Waals surface area contributed by atoms with E-state index < -0.39 is 0 Å². The number of nitrogens with zero attached hydrogens (tertiary/aromatic N) is 3. The summed E-state index contributed by atoms with van der Waals surface area (Å²) in [6, 6.07) is 102. The molecule has 4 aromatic heterocycles. The van der Waals surface area contributed by atoms with Gasteiger partial charge in [-0.25, -0.2) is 0 Å². The van der Waals surface area contributed by atoms with Crippen molar-refractivity contribution in [3.8, 4) is 11.1 Å². The molecular formula is C76H47N3O3S. The van der Waals surface area contributed by atoms with Crippen LogP contribution in [0.25, 0.3) is 108 Å². The van der Waals surface area contributed by atoms with Gasteiger partial charge < -0.3 is 28.0 Å². The topological polar surface area (TPSA) is 49.1 Å². The normalized spacial score (nSPS) is 11.9. The first kappa shape index (κ1) is 47.0. The Morgan fingerprint density at radius 3 is 1.35 bits per heavy atom. The summed E-state index contributed by atoms with van der Waals surface area (Å²) >= 11 is 1.83. The molecule has 0 aliphatic heterocycles. The second-order valence-electron chi connectivity index (χ2n) is 21.2. The Labute approximate surface area is 480 Å². The molecule has 4 heterocycles. The van der Waals surface area contributed by atoms with Gasteiger partial charge in [-0.2, -0.15) is 0 Å². The lowest BCUT2D eigenvalue weighted by Crippen LogP contribution is -2.13. The Morgan fingerprint density at radius 2 is 0.687 bits per heavy atom. The first-order chi connectivity index (χ1) is 41.1. The van der Waals surface area contributed by atoms with Gasteiger partial charge in [0, 0.05) is 110 Å². The van der Waals surface area contributed by atoms with Gasteiger partial charge in [0.1, 0.15) is 27.9 Å². The third kappa shape index (κ3) is 7.70. The molecule has 7 heteroatoms. The molecule has 0 aliphatic rings. The van der Waals surface area contributed by atoms with E-state index in [4.69, 9.17) is 13.3 Å². The van der Waals surface area contributed by atoms with Gasteiger partial charge in [0.05, 0.1) is 11.4 Å².